The van der Waals surface area contributed by atoms with Crippen LogP contribution >= 0.6 is 11.6 Å². The molecule has 2 aromatic rings. The van der Waals surface area contributed by atoms with Gasteiger partial charge in [0.15, 0.2) is 0 Å². The number of esters is 1. The molecule has 0 aliphatic carbocycles. The Balaban J connectivity index is 2.13. The lowest BCUT2D eigenvalue weighted by molar-refractivity contribution is -0.0586. The second kappa shape index (κ2) is 5.54. The van der Waals surface area contributed by atoms with E-state index in [0.29, 0.717) is 28.7 Å². The largest absolute Gasteiger partial charge is 0.494 e. The summed E-state index contributed by atoms with van der Waals surface area (Å²) in [5.41, 5.74) is 1.75. The van der Waals surface area contributed by atoms with Crippen LogP contribution in [0.3, 0.4) is 0 Å². The third kappa shape index (κ3) is 2.45. The summed E-state index contributed by atoms with van der Waals surface area (Å²) in [4.78, 5) is 16.1. The number of benzene rings is 1. The van der Waals surface area contributed by atoms with Gasteiger partial charge in [-0.3, -0.25) is 0 Å². The Morgan fingerprint density at radius 2 is 2.29 bits per heavy atom. The van der Waals surface area contributed by atoms with Crippen molar-refractivity contribution >= 4 is 28.6 Å². The topological polar surface area (TPSA) is 62.6 Å². The third-order valence-corrected chi connectivity index (χ3v) is 3.88. The van der Waals surface area contributed by atoms with Crippen molar-refractivity contribution in [1.82, 2.24) is 9.55 Å². The number of halogens is 1. The lowest BCUT2D eigenvalue weighted by Gasteiger charge is -2.27. The Morgan fingerprint density at radius 1 is 1.52 bits per heavy atom. The van der Waals surface area contributed by atoms with Crippen LogP contribution in [0.2, 0.25) is 5.28 Å². The van der Waals surface area contributed by atoms with E-state index in [1.807, 2.05) is 4.57 Å². The molecule has 1 atom stereocenters. The molecule has 1 saturated heterocycles. The number of rotatable bonds is 4. The van der Waals surface area contributed by atoms with Crippen LogP contribution in [0.5, 0.6) is 5.75 Å². The third-order valence-electron chi connectivity index (χ3n) is 3.59. The highest BCUT2D eigenvalue weighted by Crippen LogP contribution is 2.31. The molecule has 112 valence electrons. The molecule has 0 bridgehead atoms. The summed E-state index contributed by atoms with van der Waals surface area (Å²) in [5, 5.41) is 0.348. The average molecular weight is 311 g/mol. The van der Waals surface area contributed by atoms with Crippen molar-refractivity contribution in [3.05, 3.63) is 23.0 Å². The SMILES string of the molecule is COC(=O)c1cc(OC)c2nc(Cl)n(C[C@@H]3CCO3)c2c1. The molecule has 2 heterocycles. The zero-order valence-electron chi connectivity index (χ0n) is 11.8. The molecule has 1 aromatic heterocycles. The smallest absolute Gasteiger partial charge is 0.338 e. The van der Waals surface area contributed by atoms with E-state index < -0.39 is 5.97 Å². The minimum atomic E-state index is -0.432. The second-order valence-corrected chi connectivity index (χ2v) is 5.15. The standard InChI is InChI=1S/C14H15ClN2O4/c1-19-11-6-8(13(18)20-2)5-10-12(11)16-14(15)17(10)7-9-3-4-21-9/h5-6,9H,3-4,7H2,1-2H3/t9-/m0/s1. The number of methoxy groups -OCH3 is 2. The van der Waals surface area contributed by atoms with Gasteiger partial charge in [-0.15, -0.1) is 0 Å². The van der Waals surface area contributed by atoms with Crippen LogP contribution in [-0.2, 0) is 16.0 Å². The minimum absolute atomic E-state index is 0.132. The van der Waals surface area contributed by atoms with Gasteiger partial charge < -0.3 is 18.8 Å². The molecule has 0 amide bonds. The molecule has 0 unspecified atom stereocenters. The number of fused-ring (bicyclic) bond motifs is 1. The zero-order valence-corrected chi connectivity index (χ0v) is 12.5. The van der Waals surface area contributed by atoms with E-state index in [2.05, 4.69) is 4.98 Å². The van der Waals surface area contributed by atoms with E-state index in [0.717, 1.165) is 18.5 Å². The summed E-state index contributed by atoms with van der Waals surface area (Å²) >= 11 is 6.21. The molecule has 1 aliphatic rings. The predicted molar refractivity (Wildman–Crippen MR) is 77.0 cm³/mol. The van der Waals surface area contributed by atoms with E-state index in [1.165, 1.54) is 14.2 Å². The van der Waals surface area contributed by atoms with E-state index in [1.54, 1.807) is 12.1 Å². The lowest BCUT2D eigenvalue weighted by Crippen LogP contribution is -2.31. The Bertz CT molecular complexity index is 694. The first-order chi connectivity index (χ1) is 10.1. The maximum absolute atomic E-state index is 11.8. The van der Waals surface area contributed by atoms with E-state index in [9.17, 15) is 4.79 Å². The Kier molecular flexibility index (Phi) is 3.73. The Labute approximate surface area is 126 Å². The van der Waals surface area contributed by atoms with Gasteiger partial charge in [-0.2, -0.15) is 0 Å². The molecule has 1 fully saturated rings. The van der Waals surface area contributed by atoms with Crippen LogP contribution in [0.25, 0.3) is 11.0 Å². The predicted octanol–water partition coefficient (Wildman–Crippen LogP) is 2.27. The fourth-order valence-electron chi connectivity index (χ4n) is 2.36. The van der Waals surface area contributed by atoms with Gasteiger partial charge >= 0.3 is 5.97 Å². The molecule has 3 rings (SSSR count). The highest BCUT2D eigenvalue weighted by molar-refractivity contribution is 6.29. The van der Waals surface area contributed by atoms with Gasteiger partial charge in [0.05, 0.1) is 37.9 Å². The second-order valence-electron chi connectivity index (χ2n) is 4.81. The highest BCUT2D eigenvalue weighted by atomic mass is 35.5. The first-order valence-electron chi connectivity index (χ1n) is 6.57. The molecule has 0 spiro atoms. The first kappa shape index (κ1) is 14.2. The fraction of sp³-hybridized carbons (Fsp3) is 0.429. The number of hydrogen-bond donors (Lipinski definition) is 0. The van der Waals surface area contributed by atoms with Crippen molar-refractivity contribution in [2.75, 3.05) is 20.8 Å². The molecule has 0 radical (unpaired) electrons. The summed E-state index contributed by atoms with van der Waals surface area (Å²) in [6, 6.07) is 3.31. The van der Waals surface area contributed by atoms with Crippen molar-refractivity contribution in [2.24, 2.45) is 0 Å². The van der Waals surface area contributed by atoms with E-state index >= 15 is 0 Å². The van der Waals surface area contributed by atoms with Gasteiger partial charge in [0.1, 0.15) is 11.3 Å². The van der Waals surface area contributed by atoms with Crippen LogP contribution in [-0.4, -0.2) is 42.5 Å². The monoisotopic (exact) mass is 310 g/mol. The van der Waals surface area contributed by atoms with Crippen LogP contribution < -0.4 is 4.74 Å². The van der Waals surface area contributed by atoms with Gasteiger partial charge in [0.2, 0.25) is 5.28 Å². The van der Waals surface area contributed by atoms with E-state index in [-0.39, 0.29) is 6.10 Å². The number of imidazole rings is 1. The maximum atomic E-state index is 11.8. The summed E-state index contributed by atoms with van der Waals surface area (Å²) in [6.45, 7) is 1.37. The molecule has 21 heavy (non-hydrogen) atoms. The summed E-state index contributed by atoms with van der Waals surface area (Å²) in [7, 11) is 2.86. The maximum Gasteiger partial charge on any atom is 0.338 e. The van der Waals surface area contributed by atoms with E-state index in [4.69, 9.17) is 25.8 Å². The number of carbonyl (C=O) groups excluding carboxylic acids is 1. The molecule has 7 heteroatoms. The van der Waals surface area contributed by atoms with Crippen molar-refractivity contribution in [1.29, 1.82) is 0 Å². The minimum Gasteiger partial charge on any atom is -0.494 e. The molecule has 0 N–H and O–H groups in total. The molecular formula is C14H15ClN2O4. The summed E-state index contributed by atoms with van der Waals surface area (Å²) < 4.78 is 17.3. The van der Waals surface area contributed by atoms with Crippen molar-refractivity contribution in [3.63, 3.8) is 0 Å². The Hall–Kier alpha value is -1.79. The van der Waals surface area contributed by atoms with Crippen molar-refractivity contribution in [2.45, 2.75) is 19.1 Å². The van der Waals surface area contributed by atoms with Crippen molar-refractivity contribution < 1.29 is 19.0 Å². The van der Waals surface area contributed by atoms with Crippen LogP contribution in [0.1, 0.15) is 16.8 Å². The van der Waals surface area contributed by atoms with Gasteiger partial charge in [-0.1, -0.05) is 0 Å². The number of nitrogens with zero attached hydrogens (tertiary/aromatic N) is 2. The fourth-order valence-corrected chi connectivity index (χ4v) is 2.60. The van der Waals surface area contributed by atoms with Crippen molar-refractivity contribution in [3.8, 4) is 5.75 Å². The molecule has 6 nitrogen and oxygen atoms in total. The first-order valence-corrected chi connectivity index (χ1v) is 6.95. The zero-order chi connectivity index (χ0) is 15.0. The Morgan fingerprint density at radius 3 is 2.86 bits per heavy atom. The van der Waals surface area contributed by atoms with Crippen LogP contribution in [0.4, 0.5) is 0 Å². The molecule has 1 aliphatic heterocycles. The normalized spacial score (nSPS) is 17.6. The molecular weight excluding hydrogens is 296 g/mol. The molecule has 1 aromatic carbocycles. The van der Waals surface area contributed by atoms with Gasteiger partial charge in [-0.05, 0) is 30.2 Å². The average Bonchev–Trinajstić information content (AvgIpc) is 2.76. The van der Waals surface area contributed by atoms with Gasteiger partial charge in [0, 0.05) is 6.61 Å². The number of aromatic nitrogens is 2. The molecule has 0 saturated carbocycles. The lowest BCUT2D eigenvalue weighted by atomic mass is 10.1. The summed E-state index contributed by atoms with van der Waals surface area (Å²) in [5.74, 6) is 0.0574. The quantitative estimate of drug-likeness (QED) is 0.811. The summed E-state index contributed by atoms with van der Waals surface area (Å²) in [6.07, 6.45) is 1.12. The number of hydrogen-bond acceptors (Lipinski definition) is 5. The van der Waals surface area contributed by atoms with Crippen LogP contribution in [0.15, 0.2) is 12.1 Å². The highest BCUT2D eigenvalue weighted by Gasteiger charge is 2.23. The number of carbonyl (C=O) groups is 1. The van der Waals surface area contributed by atoms with Crippen LogP contribution in [0, 0.1) is 0 Å². The number of ether oxygens (including phenoxy) is 3. The van der Waals surface area contributed by atoms with Gasteiger partial charge in [0.25, 0.3) is 0 Å². The van der Waals surface area contributed by atoms with Gasteiger partial charge in [-0.25, -0.2) is 9.78 Å².